The van der Waals surface area contributed by atoms with Gasteiger partial charge in [-0.3, -0.25) is 4.79 Å². The Bertz CT molecular complexity index is 527. The highest BCUT2D eigenvalue weighted by atomic mass is 79.9. The molecule has 0 unspecified atom stereocenters. The van der Waals surface area contributed by atoms with Crippen LogP contribution in [-0.2, 0) is 4.79 Å². The smallest absolute Gasteiger partial charge is 0.244 e. The number of hydrogen-bond donors (Lipinski definition) is 1. The minimum Gasteiger partial charge on any atom is -0.324 e. The standard InChI is InChI=1S/C15H17BrN2O/c1-11-6-5-7-12(13(11)16)18-14(19)15(10-17)8-3-2-4-9-15/h5-7H,2-4,8-9H2,1H3,(H,18,19). The van der Waals surface area contributed by atoms with Crippen molar-refractivity contribution in [2.75, 3.05) is 5.32 Å². The molecule has 0 spiro atoms. The van der Waals surface area contributed by atoms with E-state index in [1.54, 1.807) is 0 Å². The van der Waals surface area contributed by atoms with E-state index in [4.69, 9.17) is 0 Å². The normalized spacial score (nSPS) is 17.5. The van der Waals surface area contributed by atoms with Gasteiger partial charge in [0.1, 0.15) is 5.41 Å². The molecule has 0 aromatic heterocycles. The first-order valence-corrected chi connectivity index (χ1v) is 7.36. The molecule has 0 heterocycles. The van der Waals surface area contributed by atoms with Crippen LogP contribution in [-0.4, -0.2) is 5.91 Å². The van der Waals surface area contributed by atoms with Gasteiger partial charge in [-0.1, -0.05) is 31.4 Å². The Morgan fingerprint density at radius 3 is 2.68 bits per heavy atom. The molecule has 2 rings (SSSR count). The Hall–Kier alpha value is -1.34. The van der Waals surface area contributed by atoms with E-state index in [0.717, 1.165) is 35.0 Å². The third-order valence-electron chi connectivity index (χ3n) is 3.80. The highest BCUT2D eigenvalue weighted by molar-refractivity contribution is 9.10. The molecule has 1 aliphatic rings. The van der Waals surface area contributed by atoms with Crippen molar-refractivity contribution in [3.8, 4) is 6.07 Å². The van der Waals surface area contributed by atoms with Crippen molar-refractivity contribution in [2.45, 2.75) is 39.0 Å². The van der Waals surface area contributed by atoms with Crippen molar-refractivity contribution in [3.63, 3.8) is 0 Å². The number of nitrogens with one attached hydrogen (secondary N) is 1. The summed E-state index contributed by atoms with van der Waals surface area (Å²) in [7, 11) is 0. The second-order valence-corrected chi connectivity index (χ2v) is 5.94. The zero-order valence-electron chi connectivity index (χ0n) is 11.0. The van der Waals surface area contributed by atoms with Crippen molar-refractivity contribution in [3.05, 3.63) is 28.2 Å². The van der Waals surface area contributed by atoms with Crippen LogP contribution < -0.4 is 5.32 Å². The van der Waals surface area contributed by atoms with Crippen LogP contribution in [0.25, 0.3) is 0 Å². The molecule has 4 heteroatoms. The lowest BCUT2D eigenvalue weighted by Gasteiger charge is -2.29. The van der Waals surface area contributed by atoms with Crippen molar-refractivity contribution >= 4 is 27.5 Å². The molecule has 19 heavy (non-hydrogen) atoms. The van der Waals surface area contributed by atoms with Crippen LogP contribution in [0.2, 0.25) is 0 Å². The minimum atomic E-state index is -0.846. The molecule has 1 saturated carbocycles. The fourth-order valence-electron chi connectivity index (χ4n) is 2.53. The van der Waals surface area contributed by atoms with Crippen LogP contribution in [0.1, 0.15) is 37.7 Å². The maximum atomic E-state index is 12.4. The first-order chi connectivity index (χ1) is 9.09. The lowest BCUT2D eigenvalue weighted by Crippen LogP contribution is -2.36. The van der Waals surface area contributed by atoms with E-state index in [2.05, 4.69) is 27.3 Å². The van der Waals surface area contributed by atoms with Gasteiger partial charge in [0.05, 0.1) is 11.8 Å². The van der Waals surface area contributed by atoms with Crippen LogP contribution in [0, 0.1) is 23.7 Å². The third kappa shape index (κ3) is 2.82. The van der Waals surface area contributed by atoms with E-state index in [-0.39, 0.29) is 5.91 Å². The van der Waals surface area contributed by atoms with E-state index in [0.29, 0.717) is 12.8 Å². The summed E-state index contributed by atoms with van der Waals surface area (Å²) in [4.78, 5) is 12.4. The molecule has 0 radical (unpaired) electrons. The van der Waals surface area contributed by atoms with Gasteiger partial charge in [0, 0.05) is 4.47 Å². The average Bonchev–Trinajstić information content (AvgIpc) is 2.44. The van der Waals surface area contributed by atoms with Crippen LogP contribution in [0.5, 0.6) is 0 Å². The lowest BCUT2D eigenvalue weighted by atomic mass is 9.74. The molecule has 100 valence electrons. The second kappa shape index (κ2) is 5.75. The SMILES string of the molecule is Cc1cccc(NC(=O)C2(C#N)CCCCC2)c1Br. The summed E-state index contributed by atoms with van der Waals surface area (Å²) in [6, 6.07) is 7.97. The molecule has 3 nitrogen and oxygen atoms in total. The van der Waals surface area contributed by atoms with Crippen LogP contribution in [0.4, 0.5) is 5.69 Å². The molecule has 1 aromatic rings. The number of carbonyl (C=O) groups is 1. The Labute approximate surface area is 122 Å². The molecule has 0 aliphatic heterocycles. The summed E-state index contributed by atoms with van der Waals surface area (Å²) in [6.45, 7) is 1.97. The van der Waals surface area contributed by atoms with Gasteiger partial charge < -0.3 is 5.32 Å². The highest BCUT2D eigenvalue weighted by Crippen LogP contribution is 2.37. The second-order valence-electron chi connectivity index (χ2n) is 5.15. The first-order valence-electron chi connectivity index (χ1n) is 6.57. The Morgan fingerprint density at radius 2 is 2.05 bits per heavy atom. The minimum absolute atomic E-state index is 0.166. The fourth-order valence-corrected chi connectivity index (χ4v) is 2.89. The van der Waals surface area contributed by atoms with E-state index in [1.807, 2.05) is 25.1 Å². The molecule has 0 saturated heterocycles. The number of nitriles is 1. The number of carbonyl (C=O) groups excluding carboxylic acids is 1. The number of rotatable bonds is 2. The molecule has 1 fully saturated rings. The largest absolute Gasteiger partial charge is 0.324 e. The molecule has 0 atom stereocenters. The summed E-state index contributed by atoms with van der Waals surface area (Å²) >= 11 is 3.47. The maximum Gasteiger partial charge on any atom is 0.244 e. The third-order valence-corrected chi connectivity index (χ3v) is 4.85. The van der Waals surface area contributed by atoms with E-state index < -0.39 is 5.41 Å². The van der Waals surface area contributed by atoms with Crippen LogP contribution in [0.15, 0.2) is 22.7 Å². The first kappa shape index (κ1) is 14.1. The average molecular weight is 321 g/mol. The van der Waals surface area contributed by atoms with E-state index in [1.165, 1.54) is 0 Å². The van der Waals surface area contributed by atoms with E-state index in [9.17, 15) is 10.1 Å². The number of benzene rings is 1. The molecule has 1 N–H and O–H groups in total. The van der Waals surface area contributed by atoms with Gasteiger partial charge in [0.2, 0.25) is 5.91 Å². The predicted octanol–water partition coefficient (Wildman–Crippen LogP) is 4.17. The van der Waals surface area contributed by atoms with Gasteiger partial charge in [-0.25, -0.2) is 0 Å². The van der Waals surface area contributed by atoms with E-state index >= 15 is 0 Å². The molecule has 1 aromatic carbocycles. The Kier molecular flexibility index (Phi) is 4.26. The number of amides is 1. The van der Waals surface area contributed by atoms with Crippen molar-refractivity contribution in [1.82, 2.24) is 0 Å². The van der Waals surface area contributed by atoms with Gasteiger partial charge in [-0.15, -0.1) is 0 Å². The number of nitrogens with zero attached hydrogens (tertiary/aromatic N) is 1. The number of hydrogen-bond acceptors (Lipinski definition) is 2. The number of anilines is 1. The monoisotopic (exact) mass is 320 g/mol. The summed E-state index contributed by atoms with van der Waals surface area (Å²) in [6.07, 6.45) is 4.36. The molecule has 1 amide bonds. The lowest BCUT2D eigenvalue weighted by molar-refractivity contribution is -0.124. The van der Waals surface area contributed by atoms with Crippen LogP contribution in [0.3, 0.4) is 0 Å². The van der Waals surface area contributed by atoms with Gasteiger partial charge in [0.15, 0.2) is 0 Å². The summed E-state index contributed by atoms with van der Waals surface area (Å²) in [5.41, 5.74) is 0.958. The topological polar surface area (TPSA) is 52.9 Å². The summed E-state index contributed by atoms with van der Waals surface area (Å²) < 4.78 is 0.882. The summed E-state index contributed by atoms with van der Waals surface area (Å²) in [5, 5.41) is 12.3. The van der Waals surface area contributed by atoms with Gasteiger partial charge >= 0.3 is 0 Å². The maximum absolute atomic E-state index is 12.4. The fraction of sp³-hybridized carbons (Fsp3) is 0.467. The highest BCUT2D eigenvalue weighted by Gasteiger charge is 2.39. The zero-order valence-corrected chi connectivity index (χ0v) is 12.6. The number of aryl methyl sites for hydroxylation is 1. The van der Waals surface area contributed by atoms with Crippen LogP contribution >= 0.6 is 15.9 Å². The number of halogens is 1. The van der Waals surface area contributed by atoms with Gasteiger partial charge in [-0.05, 0) is 47.3 Å². The Balaban J connectivity index is 2.20. The molecule has 1 aliphatic carbocycles. The zero-order chi connectivity index (χ0) is 13.9. The predicted molar refractivity (Wildman–Crippen MR) is 78.6 cm³/mol. The van der Waals surface area contributed by atoms with Gasteiger partial charge in [-0.2, -0.15) is 5.26 Å². The van der Waals surface area contributed by atoms with Gasteiger partial charge in [0.25, 0.3) is 0 Å². The van der Waals surface area contributed by atoms with Crippen molar-refractivity contribution in [1.29, 1.82) is 5.26 Å². The molecular weight excluding hydrogens is 304 g/mol. The Morgan fingerprint density at radius 1 is 1.37 bits per heavy atom. The molecular formula is C15H17BrN2O. The van der Waals surface area contributed by atoms with Crippen molar-refractivity contribution in [2.24, 2.45) is 5.41 Å². The van der Waals surface area contributed by atoms with Crippen molar-refractivity contribution < 1.29 is 4.79 Å². The quantitative estimate of drug-likeness (QED) is 0.889. The summed E-state index contributed by atoms with van der Waals surface area (Å²) in [5.74, 6) is -0.166. The molecule has 0 bridgehead atoms.